The summed E-state index contributed by atoms with van der Waals surface area (Å²) >= 11 is 0. The lowest BCUT2D eigenvalue weighted by atomic mass is 10.8. The first-order chi connectivity index (χ1) is 1.00. The second-order valence-corrected chi connectivity index (χ2v) is 0. The highest BCUT2D eigenvalue weighted by atomic mass is 31.0. The Morgan fingerprint density at radius 3 is 1.25 bits per heavy atom. The lowest BCUT2D eigenvalue weighted by molar-refractivity contribution is 0.824. The van der Waals surface area contributed by atoms with Crippen molar-refractivity contribution >= 4 is 16.7 Å². The molecule has 0 aromatic heterocycles. The van der Waals surface area contributed by atoms with E-state index in [-0.39, 0.29) is 11.6 Å². The average Bonchev–Trinajstić information content (AvgIpc) is 1.00. The van der Waals surface area contributed by atoms with Crippen LogP contribution in [0.15, 0.2) is 0 Å². The highest BCUT2D eigenvalue weighted by Gasteiger charge is 0.966. The van der Waals surface area contributed by atoms with E-state index in [0.29, 0.717) is 0 Å². The fourth-order valence-electron chi connectivity index (χ4n) is 0. The maximum Gasteiger partial charge on any atom is 0.0996 e. The molecule has 2 radical (unpaired) electrons. The first-order valence-electron chi connectivity index (χ1n) is 0.333. The Morgan fingerprint density at radius 1 is 1.25 bits per heavy atom. The smallest absolute Gasteiger partial charge is 0.0996 e. The molecule has 1 atom stereocenters. The van der Waals surface area contributed by atoms with E-state index in [9.17, 15) is 0 Å². The summed E-state index contributed by atoms with van der Waals surface area (Å²) in [6.07, 6.45) is 0. The van der Waals surface area contributed by atoms with Crippen LogP contribution in [0.25, 0.3) is 0 Å². The quantitative estimate of drug-likeness (QED) is 0.302. The van der Waals surface area contributed by atoms with E-state index in [4.69, 9.17) is 0 Å². The molecule has 0 aliphatic heterocycles. The van der Waals surface area contributed by atoms with Crippen LogP contribution in [0.4, 0.5) is 0 Å². The third-order valence-corrected chi connectivity index (χ3v) is 0. The molecule has 0 aliphatic carbocycles. The van der Waals surface area contributed by atoms with E-state index in [1.54, 1.807) is 0 Å². The van der Waals surface area contributed by atoms with Gasteiger partial charge in [0.2, 0.25) is 0 Å². The van der Waals surface area contributed by atoms with Crippen LogP contribution in [0.1, 0.15) is 0 Å². The molecule has 1 unspecified atom stereocenters. The summed E-state index contributed by atoms with van der Waals surface area (Å²) in [5.74, 6) is 0. The standard InChI is InChI=1S/BH2P.H3N.H2O/c1-2;;/h2H2;1H3;1H2. The van der Waals surface area contributed by atoms with Gasteiger partial charge in [-0.1, -0.05) is 0 Å². The molecule has 0 aromatic carbocycles. The average molecular weight is 78.8 g/mol. The van der Waals surface area contributed by atoms with Gasteiger partial charge >= 0.3 is 0 Å². The molecule has 0 saturated heterocycles. The minimum absolute atomic E-state index is 0. The van der Waals surface area contributed by atoms with Crippen LogP contribution in [-0.4, -0.2) is 13.0 Å². The molecule has 26 valence electrons. The maximum absolute atomic E-state index is 4.42. The van der Waals surface area contributed by atoms with Crippen molar-refractivity contribution in [1.29, 1.82) is 0 Å². The third-order valence-electron chi connectivity index (χ3n) is 0. The molecule has 0 aromatic rings. The summed E-state index contributed by atoms with van der Waals surface area (Å²) in [5, 5.41) is 0. The van der Waals surface area contributed by atoms with Crippen LogP contribution in [0.3, 0.4) is 0 Å². The molecule has 4 heteroatoms. The summed E-state index contributed by atoms with van der Waals surface area (Å²) in [6, 6.07) is 0. The van der Waals surface area contributed by atoms with Crippen molar-refractivity contribution in [2.24, 2.45) is 0 Å². The van der Waals surface area contributed by atoms with Gasteiger partial charge in [-0.05, 0) is 0 Å². The van der Waals surface area contributed by atoms with Gasteiger partial charge in [0, 0.05) is 0 Å². The molecule has 0 fully saturated rings. The van der Waals surface area contributed by atoms with Crippen molar-refractivity contribution in [3.8, 4) is 0 Å². The second-order valence-electron chi connectivity index (χ2n) is 0. The summed E-state index contributed by atoms with van der Waals surface area (Å²) in [4.78, 5) is 0. The van der Waals surface area contributed by atoms with Gasteiger partial charge in [0.25, 0.3) is 0 Å². The largest absolute Gasteiger partial charge is 0.412 e. The minimum atomic E-state index is 0. The zero-order chi connectivity index (χ0) is 2.00. The van der Waals surface area contributed by atoms with Gasteiger partial charge in [-0.2, -0.15) is 9.12 Å². The van der Waals surface area contributed by atoms with E-state index < -0.39 is 0 Å². The van der Waals surface area contributed by atoms with Crippen LogP contribution in [0.2, 0.25) is 0 Å². The Hall–Kier alpha value is 0.415. The van der Waals surface area contributed by atoms with E-state index in [1.807, 2.05) is 9.12 Å². The monoisotopic (exact) mass is 79.0 g/mol. The summed E-state index contributed by atoms with van der Waals surface area (Å²) in [6.45, 7) is 0. The lowest BCUT2D eigenvalue weighted by Gasteiger charge is -1.05. The van der Waals surface area contributed by atoms with E-state index in [2.05, 4.69) is 7.57 Å². The van der Waals surface area contributed by atoms with Gasteiger partial charge in [0.05, 0.1) is 7.57 Å². The van der Waals surface area contributed by atoms with Crippen LogP contribution in [-0.2, 0) is 0 Å². The normalized spacial score (nSPS) is 1.25. The van der Waals surface area contributed by atoms with Crippen LogP contribution in [0.5, 0.6) is 0 Å². The summed E-state index contributed by atoms with van der Waals surface area (Å²) in [5.41, 5.74) is 0. The molecular weight excluding hydrogens is 71.8 g/mol. The maximum atomic E-state index is 4.42. The van der Waals surface area contributed by atoms with E-state index in [1.165, 1.54) is 0 Å². The first-order valence-corrected chi connectivity index (χ1v) is 1.00. The number of hydrogen-bond donors (Lipinski definition) is 1. The van der Waals surface area contributed by atoms with Crippen molar-refractivity contribution < 1.29 is 5.48 Å². The highest BCUT2D eigenvalue weighted by molar-refractivity contribution is 7.49. The molecule has 2 nitrogen and oxygen atoms in total. The Morgan fingerprint density at radius 2 is 1.25 bits per heavy atom. The Kier molecular flexibility index (Phi) is 744. The van der Waals surface area contributed by atoms with Crippen molar-refractivity contribution in [2.45, 2.75) is 0 Å². The molecule has 0 spiro atoms. The van der Waals surface area contributed by atoms with Crippen molar-refractivity contribution in [3.05, 3.63) is 0 Å². The zero-order valence-electron chi connectivity index (χ0n) is 2.36. The highest BCUT2D eigenvalue weighted by Crippen LogP contribution is 1.42. The van der Waals surface area contributed by atoms with E-state index >= 15 is 0 Å². The van der Waals surface area contributed by atoms with Crippen LogP contribution < -0.4 is 6.15 Å². The van der Waals surface area contributed by atoms with Crippen LogP contribution in [0, 0.1) is 0 Å². The van der Waals surface area contributed by atoms with Gasteiger partial charge < -0.3 is 11.6 Å². The van der Waals surface area contributed by atoms with Crippen LogP contribution >= 0.6 is 9.12 Å². The predicted octanol–water partition coefficient (Wildman–Crippen LogP) is -0.718. The number of hydrogen-bond acceptors (Lipinski definition) is 1. The Labute approximate surface area is 29.4 Å². The Bertz CT molecular complexity index is 8.00. The molecule has 0 saturated carbocycles. The molecular formula is H7BNOP. The fourth-order valence-corrected chi connectivity index (χ4v) is 0. The SMILES string of the molecule is N.O.[B]P. The fraction of sp³-hybridized carbons (Fsp3) is 0. The summed E-state index contributed by atoms with van der Waals surface area (Å²) < 4.78 is 0. The summed E-state index contributed by atoms with van der Waals surface area (Å²) in [7, 11) is 6.33. The third kappa shape index (κ3) is 28.1. The topological polar surface area (TPSA) is 66.5 Å². The van der Waals surface area contributed by atoms with Crippen molar-refractivity contribution in [3.63, 3.8) is 0 Å². The first kappa shape index (κ1) is 25.7. The van der Waals surface area contributed by atoms with Gasteiger partial charge in [0.15, 0.2) is 0 Å². The van der Waals surface area contributed by atoms with Gasteiger partial charge in [-0.3, -0.25) is 0 Å². The molecule has 0 rings (SSSR count). The molecule has 5 N–H and O–H groups in total. The minimum Gasteiger partial charge on any atom is -0.412 e. The van der Waals surface area contributed by atoms with Crippen molar-refractivity contribution in [1.82, 2.24) is 6.15 Å². The van der Waals surface area contributed by atoms with Crippen molar-refractivity contribution in [2.75, 3.05) is 0 Å². The predicted molar refractivity (Wildman–Crippen MR) is 24.1 cm³/mol. The van der Waals surface area contributed by atoms with E-state index in [0.717, 1.165) is 0 Å². The molecule has 0 aliphatic rings. The van der Waals surface area contributed by atoms with Gasteiger partial charge in [0.1, 0.15) is 0 Å². The molecule has 0 bridgehead atoms. The molecule has 0 amide bonds. The Balaban J connectivity index is -0.00000000500. The second kappa shape index (κ2) is 116. The lowest BCUT2D eigenvalue weighted by Crippen LogP contribution is -0.937. The van der Waals surface area contributed by atoms with Gasteiger partial charge in [-0.25, -0.2) is 0 Å². The molecule has 0 heterocycles. The van der Waals surface area contributed by atoms with Gasteiger partial charge in [-0.15, -0.1) is 0 Å². The number of rotatable bonds is 0. The molecule has 4 heavy (non-hydrogen) atoms. The zero-order valence-corrected chi connectivity index (χ0v) is 3.52.